The Morgan fingerprint density at radius 1 is 1.00 bits per heavy atom. The van der Waals surface area contributed by atoms with Gasteiger partial charge in [0.1, 0.15) is 18.5 Å². The van der Waals surface area contributed by atoms with Gasteiger partial charge in [0.15, 0.2) is 0 Å². The first kappa shape index (κ1) is 18.4. The van der Waals surface area contributed by atoms with E-state index in [4.69, 9.17) is 4.74 Å². The number of hydrogen-bond acceptors (Lipinski definition) is 3. The number of hydrogen-bond donors (Lipinski definition) is 1. The third kappa shape index (κ3) is 2.84. The number of carboxylic acids is 1. The smallest absolute Gasteiger partial charge is 0.415 e. The highest BCUT2D eigenvalue weighted by molar-refractivity contribution is 5.98. The van der Waals surface area contributed by atoms with Gasteiger partial charge < -0.3 is 9.84 Å². The monoisotopic (exact) mass is 403 g/mol. The van der Waals surface area contributed by atoms with Crippen LogP contribution in [-0.2, 0) is 16.0 Å². The number of amides is 1. The van der Waals surface area contributed by atoms with Crippen LogP contribution in [0.5, 0.6) is 0 Å². The van der Waals surface area contributed by atoms with Crippen molar-refractivity contribution in [2.24, 2.45) is 0 Å². The van der Waals surface area contributed by atoms with Crippen LogP contribution in [0.3, 0.4) is 0 Å². The lowest BCUT2D eigenvalue weighted by Gasteiger charge is -2.23. The molecule has 150 valence electrons. The predicted molar refractivity (Wildman–Crippen MR) is 109 cm³/mol. The molecule has 1 aliphatic carbocycles. The van der Waals surface area contributed by atoms with Crippen molar-refractivity contribution >= 4 is 17.7 Å². The summed E-state index contributed by atoms with van der Waals surface area (Å²) in [5, 5.41) is 9.57. The highest BCUT2D eigenvalue weighted by atomic mass is 19.1. The van der Waals surface area contributed by atoms with Crippen LogP contribution in [0.15, 0.2) is 66.7 Å². The number of nitrogens with zero attached hydrogens (tertiary/aromatic N) is 1. The molecule has 1 N–H and O–H groups in total. The predicted octanol–water partition coefficient (Wildman–Crippen LogP) is 4.59. The van der Waals surface area contributed by atoms with Gasteiger partial charge in [0.05, 0.1) is 5.69 Å². The fourth-order valence-corrected chi connectivity index (χ4v) is 4.49. The Hall–Kier alpha value is -3.67. The zero-order chi connectivity index (χ0) is 20.8. The number of benzene rings is 3. The maximum absolute atomic E-state index is 13.8. The lowest BCUT2D eigenvalue weighted by Crippen LogP contribution is -2.43. The average molecular weight is 403 g/mol. The molecule has 5 rings (SSSR count). The normalized spacial score (nSPS) is 16.7. The number of ether oxygens (including phenoxy) is 1. The summed E-state index contributed by atoms with van der Waals surface area (Å²) in [5.41, 5.74) is 5.19. The Bertz CT molecular complexity index is 1130. The van der Waals surface area contributed by atoms with E-state index < -0.39 is 23.9 Å². The van der Waals surface area contributed by atoms with Gasteiger partial charge in [0.2, 0.25) is 0 Å². The summed E-state index contributed by atoms with van der Waals surface area (Å²) in [6, 6.07) is 18.8. The Morgan fingerprint density at radius 3 is 2.27 bits per heavy atom. The fourth-order valence-electron chi connectivity index (χ4n) is 4.49. The van der Waals surface area contributed by atoms with Crippen LogP contribution in [0.2, 0.25) is 0 Å². The number of aliphatic carboxylic acids is 1. The van der Waals surface area contributed by atoms with Crippen LogP contribution < -0.4 is 4.90 Å². The zero-order valence-corrected chi connectivity index (χ0v) is 15.9. The molecule has 1 aliphatic heterocycles. The number of carbonyl (C=O) groups is 2. The molecule has 1 heterocycles. The number of fused-ring (bicyclic) bond motifs is 4. The molecule has 0 bridgehead atoms. The van der Waals surface area contributed by atoms with E-state index in [-0.39, 0.29) is 24.6 Å². The second-order valence-electron chi connectivity index (χ2n) is 7.51. The molecule has 6 heteroatoms. The van der Waals surface area contributed by atoms with Crippen LogP contribution in [0.25, 0.3) is 11.1 Å². The molecule has 1 atom stereocenters. The van der Waals surface area contributed by atoms with Gasteiger partial charge in [0, 0.05) is 12.3 Å². The van der Waals surface area contributed by atoms with Crippen molar-refractivity contribution in [3.63, 3.8) is 0 Å². The third-order valence-corrected chi connectivity index (χ3v) is 5.85. The molecular formula is C24H18FNO4. The van der Waals surface area contributed by atoms with E-state index in [1.165, 1.54) is 18.2 Å². The van der Waals surface area contributed by atoms with Crippen LogP contribution in [0, 0.1) is 5.82 Å². The molecule has 0 fully saturated rings. The summed E-state index contributed by atoms with van der Waals surface area (Å²) in [6.45, 7) is 0.0698. The molecule has 0 aromatic heterocycles. The Kier molecular flexibility index (Phi) is 4.28. The molecule has 0 saturated carbocycles. The maximum Gasteiger partial charge on any atom is 0.415 e. The summed E-state index contributed by atoms with van der Waals surface area (Å²) >= 11 is 0. The van der Waals surface area contributed by atoms with Gasteiger partial charge in [-0.15, -0.1) is 0 Å². The molecule has 5 nitrogen and oxygen atoms in total. The minimum atomic E-state index is -1.15. The number of carboxylic acid groups (broad SMARTS) is 1. The lowest BCUT2D eigenvalue weighted by atomic mass is 9.98. The van der Waals surface area contributed by atoms with Crippen LogP contribution in [-0.4, -0.2) is 29.8 Å². The summed E-state index contributed by atoms with van der Waals surface area (Å²) < 4.78 is 19.4. The number of halogens is 1. The van der Waals surface area contributed by atoms with E-state index in [9.17, 15) is 19.1 Å². The molecule has 0 spiro atoms. The van der Waals surface area contributed by atoms with Gasteiger partial charge in [-0.05, 0) is 39.9 Å². The number of anilines is 1. The Balaban J connectivity index is 1.43. The van der Waals surface area contributed by atoms with E-state index in [0.29, 0.717) is 5.56 Å². The van der Waals surface area contributed by atoms with Gasteiger partial charge in [-0.2, -0.15) is 0 Å². The lowest BCUT2D eigenvalue weighted by molar-refractivity contribution is -0.138. The minimum Gasteiger partial charge on any atom is -0.480 e. The zero-order valence-electron chi connectivity index (χ0n) is 15.9. The van der Waals surface area contributed by atoms with E-state index in [0.717, 1.165) is 27.2 Å². The topological polar surface area (TPSA) is 66.8 Å². The second kappa shape index (κ2) is 6.99. The molecule has 1 amide bonds. The fraction of sp³-hybridized carbons (Fsp3) is 0.167. The SMILES string of the molecule is O=C(O)C1Cc2ccc(F)cc2N1C(=O)OCC1c2ccccc2-c2ccccc21. The highest BCUT2D eigenvalue weighted by Crippen LogP contribution is 2.44. The maximum atomic E-state index is 13.8. The van der Waals surface area contributed by atoms with Gasteiger partial charge in [0.25, 0.3) is 0 Å². The largest absolute Gasteiger partial charge is 0.480 e. The quantitative estimate of drug-likeness (QED) is 0.695. The Morgan fingerprint density at radius 2 is 1.63 bits per heavy atom. The van der Waals surface area contributed by atoms with Gasteiger partial charge >= 0.3 is 12.1 Å². The molecule has 1 unspecified atom stereocenters. The molecule has 2 aliphatic rings. The number of carbonyl (C=O) groups excluding carboxylic acids is 1. The summed E-state index contributed by atoms with van der Waals surface area (Å²) in [6.07, 6.45) is -0.664. The van der Waals surface area contributed by atoms with Crippen molar-refractivity contribution in [1.29, 1.82) is 0 Å². The van der Waals surface area contributed by atoms with E-state index >= 15 is 0 Å². The van der Waals surface area contributed by atoms with Gasteiger partial charge in [-0.1, -0.05) is 54.6 Å². The van der Waals surface area contributed by atoms with Gasteiger partial charge in [-0.25, -0.2) is 14.0 Å². The average Bonchev–Trinajstić information content (AvgIpc) is 3.28. The van der Waals surface area contributed by atoms with E-state index in [1.807, 2.05) is 48.5 Å². The molecule has 0 radical (unpaired) electrons. The van der Waals surface area contributed by atoms with E-state index in [1.54, 1.807) is 0 Å². The first-order valence-electron chi connectivity index (χ1n) is 9.70. The van der Waals surface area contributed by atoms with Crippen molar-refractivity contribution in [2.45, 2.75) is 18.4 Å². The van der Waals surface area contributed by atoms with Crippen molar-refractivity contribution in [3.05, 3.63) is 89.2 Å². The Labute approximate surface area is 172 Å². The van der Waals surface area contributed by atoms with Gasteiger partial charge in [-0.3, -0.25) is 4.90 Å². The molecule has 3 aromatic rings. The number of rotatable bonds is 3. The molecular weight excluding hydrogens is 385 g/mol. The first-order chi connectivity index (χ1) is 14.5. The minimum absolute atomic E-state index is 0.0698. The third-order valence-electron chi connectivity index (χ3n) is 5.85. The van der Waals surface area contributed by atoms with E-state index in [2.05, 4.69) is 0 Å². The second-order valence-corrected chi connectivity index (χ2v) is 7.51. The highest BCUT2D eigenvalue weighted by Gasteiger charge is 2.40. The van der Waals surface area contributed by atoms with Crippen LogP contribution in [0.1, 0.15) is 22.6 Å². The summed E-state index contributed by atoms with van der Waals surface area (Å²) in [7, 11) is 0. The summed E-state index contributed by atoms with van der Waals surface area (Å²) in [4.78, 5) is 25.7. The van der Waals surface area contributed by atoms with Crippen LogP contribution >= 0.6 is 0 Å². The molecule has 30 heavy (non-hydrogen) atoms. The van der Waals surface area contributed by atoms with Crippen molar-refractivity contribution in [3.8, 4) is 11.1 Å². The van der Waals surface area contributed by atoms with Crippen molar-refractivity contribution in [2.75, 3.05) is 11.5 Å². The first-order valence-corrected chi connectivity index (χ1v) is 9.70. The van der Waals surface area contributed by atoms with Crippen molar-refractivity contribution < 1.29 is 23.8 Å². The van der Waals surface area contributed by atoms with Crippen molar-refractivity contribution in [1.82, 2.24) is 0 Å². The van der Waals surface area contributed by atoms with Crippen LogP contribution in [0.4, 0.5) is 14.9 Å². The molecule has 0 saturated heterocycles. The summed E-state index contributed by atoms with van der Waals surface area (Å²) in [5.74, 6) is -1.82. The standard InChI is InChI=1S/C24H18FNO4/c25-15-10-9-14-11-22(23(27)28)26(21(14)12-15)24(29)30-13-20-18-7-3-1-5-16(18)17-6-2-4-8-19(17)20/h1-10,12,20,22H,11,13H2,(H,27,28). The molecule has 3 aromatic carbocycles.